The highest BCUT2D eigenvalue weighted by atomic mass is 16.6. The minimum atomic E-state index is -0.466. The Kier molecular flexibility index (Phi) is 6.65. The van der Waals surface area contributed by atoms with Crippen molar-refractivity contribution in [3.63, 3.8) is 0 Å². The molecule has 4 aromatic rings. The van der Waals surface area contributed by atoms with Gasteiger partial charge in [-0.2, -0.15) is 5.10 Å². The summed E-state index contributed by atoms with van der Waals surface area (Å²) in [4.78, 5) is 37.8. The van der Waals surface area contributed by atoms with Crippen LogP contribution in [0.4, 0.5) is 11.5 Å². The molecule has 0 aliphatic carbocycles. The monoisotopic (exact) mass is 527 g/mol. The highest BCUT2D eigenvalue weighted by molar-refractivity contribution is 5.95. The molecular weight excluding hydrogens is 498 g/mol. The zero-order valence-corrected chi connectivity index (χ0v) is 21.7. The first-order valence-corrected chi connectivity index (χ1v) is 13.2. The first kappa shape index (κ1) is 24.9. The number of ether oxygens (including phenoxy) is 1. The Morgan fingerprint density at radius 2 is 1.67 bits per heavy atom. The van der Waals surface area contributed by atoms with Crippen LogP contribution >= 0.6 is 0 Å². The summed E-state index contributed by atoms with van der Waals surface area (Å²) in [5.74, 6) is 1.74. The van der Waals surface area contributed by atoms with Gasteiger partial charge in [-0.3, -0.25) is 14.9 Å². The van der Waals surface area contributed by atoms with Crippen LogP contribution in [0.3, 0.4) is 0 Å². The third-order valence-electron chi connectivity index (χ3n) is 7.48. The number of fused-ring (bicyclic) bond motifs is 1. The van der Waals surface area contributed by atoms with Crippen molar-refractivity contribution in [1.29, 1.82) is 0 Å². The number of anilines is 1. The van der Waals surface area contributed by atoms with Crippen LogP contribution in [-0.4, -0.2) is 74.9 Å². The average Bonchev–Trinajstić information content (AvgIpc) is 3.33. The number of hydrogen-bond donors (Lipinski definition) is 0. The van der Waals surface area contributed by atoms with Gasteiger partial charge in [0, 0.05) is 63.0 Å². The molecule has 1 amide bonds. The van der Waals surface area contributed by atoms with Gasteiger partial charge in [0.2, 0.25) is 0 Å². The molecule has 0 N–H and O–H groups in total. The van der Waals surface area contributed by atoms with Crippen LogP contribution in [0.5, 0.6) is 0 Å². The third-order valence-corrected chi connectivity index (χ3v) is 7.48. The highest BCUT2D eigenvalue weighted by Gasteiger charge is 2.29. The summed E-state index contributed by atoms with van der Waals surface area (Å²) in [5.41, 5.74) is 2.99. The minimum absolute atomic E-state index is 0.0316. The molecule has 0 saturated carbocycles. The van der Waals surface area contributed by atoms with Gasteiger partial charge >= 0.3 is 0 Å². The lowest BCUT2D eigenvalue weighted by atomic mass is 9.99. The largest absolute Gasteiger partial charge is 0.381 e. The quantitative estimate of drug-likeness (QED) is 0.283. The van der Waals surface area contributed by atoms with Crippen LogP contribution in [0.25, 0.3) is 16.7 Å². The topological polar surface area (TPSA) is 120 Å². The van der Waals surface area contributed by atoms with Crippen molar-refractivity contribution >= 4 is 28.4 Å². The van der Waals surface area contributed by atoms with Crippen LogP contribution in [-0.2, 0) is 4.74 Å². The van der Waals surface area contributed by atoms with Crippen LogP contribution < -0.4 is 4.90 Å². The first-order chi connectivity index (χ1) is 19.0. The number of aryl methyl sites for hydroxylation is 1. The lowest BCUT2D eigenvalue weighted by Gasteiger charge is -2.36. The number of piperazine rings is 1. The van der Waals surface area contributed by atoms with Crippen molar-refractivity contribution in [1.82, 2.24) is 24.6 Å². The molecule has 2 saturated heterocycles. The van der Waals surface area contributed by atoms with Gasteiger partial charge < -0.3 is 14.5 Å². The van der Waals surface area contributed by atoms with Gasteiger partial charge in [-0.05, 0) is 44.0 Å². The smallest absolute Gasteiger partial charge is 0.269 e. The lowest BCUT2D eigenvalue weighted by Crippen LogP contribution is -2.49. The molecule has 6 rings (SSSR count). The summed E-state index contributed by atoms with van der Waals surface area (Å²) < 4.78 is 7.48. The standard InChI is InChI=1S/C28H29N7O4/c1-19-24-26(32-13-15-33(16-14-32)28(36)21-7-9-23(10-8-21)35(37)38)29-25(20-11-17-39-18-12-20)30-27(24)34(31-19)22-5-3-2-4-6-22/h2-10,20H,11-18H2,1H3. The number of aromatic nitrogens is 4. The fourth-order valence-electron chi connectivity index (χ4n) is 5.32. The second kappa shape index (κ2) is 10.4. The van der Waals surface area contributed by atoms with Crippen molar-refractivity contribution in [3.8, 4) is 5.69 Å². The molecule has 0 spiro atoms. The number of amides is 1. The molecule has 0 radical (unpaired) electrons. The Balaban J connectivity index is 1.31. The van der Waals surface area contributed by atoms with Gasteiger partial charge in [-0.15, -0.1) is 0 Å². The van der Waals surface area contributed by atoms with Crippen molar-refractivity contribution < 1.29 is 14.5 Å². The number of para-hydroxylation sites is 1. The van der Waals surface area contributed by atoms with E-state index >= 15 is 0 Å². The number of carbonyl (C=O) groups is 1. The number of hydrogen-bond acceptors (Lipinski definition) is 8. The van der Waals surface area contributed by atoms with E-state index in [-0.39, 0.29) is 17.5 Å². The molecule has 11 nitrogen and oxygen atoms in total. The number of nitrogens with zero attached hydrogens (tertiary/aromatic N) is 7. The second-order valence-electron chi connectivity index (χ2n) is 9.91. The molecule has 2 aliphatic heterocycles. The molecule has 11 heteroatoms. The van der Waals surface area contributed by atoms with E-state index in [4.69, 9.17) is 19.8 Å². The Morgan fingerprint density at radius 3 is 2.33 bits per heavy atom. The summed E-state index contributed by atoms with van der Waals surface area (Å²) in [5, 5.41) is 16.7. The summed E-state index contributed by atoms with van der Waals surface area (Å²) in [6.07, 6.45) is 1.75. The van der Waals surface area contributed by atoms with Gasteiger partial charge in [-0.25, -0.2) is 14.6 Å². The lowest BCUT2D eigenvalue weighted by molar-refractivity contribution is -0.384. The molecule has 39 heavy (non-hydrogen) atoms. The fourth-order valence-corrected chi connectivity index (χ4v) is 5.32. The molecule has 0 unspecified atom stereocenters. The number of non-ortho nitro benzene ring substituents is 1. The number of nitro benzene ring substituents is 1. The molecule has 200 valence electrons. The summed E-state index contributed by atoms with van der Waals surface area (Å²) >= 11 is 0. The Bertz CT molecular complexity index is 1510. The average molecular weight is 528 g/mol. The summed E-state index contributed by atoms with van der Waals surface area (Å²) in [6.45, 7) is 5.61. The third kappa shape index (κ3) is 4.81. The minimum Gasteiger partial charge on any atom is -0.381 e. The van der Waals surface area contributed by atoms with Gasteiger partial charge in [-0.1, -0.05) is 18.2 Å². The van der Waals surface area contributed by atoms with Crippen molar-refractivity contribution in [2.75, 3.05) is 44.3 Å². The maximum Gasteiger partial charge on any atom is 0.269 e. The Hall–Kier alpha value is -4.38. The molecular formula is C28H29N7O4. The van der Waals surface area contributed by atoms with E-state index in [2.05, 4.69) is 4.90 Å². The van der Waals surface area contributed by atoms with E-state index in [0.29, 0.717) is 45.0 Å². The number of rotatable bonds is 5. The molecule has 2 aromatic carbocycles. The van der Waals surface area contributed by atoms with Gasteiger partial charge in [0.1, 0.15) is 11.6 Å². The van der Waals surface area contributed by atoms with Crippen molar-refractivity contribution in [3.05, 3.63) is 81.8 Å². The second-order valence-corrected chi connectivity index (χ2v) is 9.91. The van der Waals surface area contributed by atoms with Crippen molar-refractivity contribution in [2.24, 2.45) is 0 Å². The number of benzene rings is 2. The molecule has 4 heterocycles. The van der Waals surface area contributed by atoms with E-state index in [1.807, 2.05) is 41.9 Å². The summed E-state index contributed by atoms with van der Waals surface area (Å²) in [6, 6.07) is 15.8. The van der Waals surface area contributed by atoms with E-state index in [0.717, 1.165) is 46.9 Å². The predicted octanol–water partition coefficient (Wildman–Crippen LogP) is 3.89. The molecule has 2 aromatic heterocycles. The van der Waals surface area contributed by atoms with E-state index < -0.39 is 4.92 Å². The van der Waals surface area contributed by atoms with Crippen LogP contribution in [0.2, 0.25) is 0 Å². The summed E-state index contributed by atoms with van der Waals surface area (Å²) in [7, 11) is 0. The van der Waals surface area contributed by atoms with Gasteiger partial charge in [0.05, 0.1) is 21.7 Å². The normalized spacial score (nSPS) is 16.5. The molecule has 2 aliphatic rings. The molecule has 2 fully saturated rings. The van der Waals surface area contributed by atoms with Crippen LogP contribution in [0, 0.1) is 17.0 Å². The Labute approximate surface area is 225 Å². The molecule has 0 bridgehead atoms. The van der Waals surface area contributed by atoms with E-state index in [9.17, 15) is 14.9 Å². The van der Waals surface area contributed by atoms with Crippen LogP contribution in [0.15, 0.2) is 54.6 Å². The Morgan fingerprint density at radius 1 is 0.974 bits per heavy atom. The maximum absolute atomic E-state index is 13.1. The zero-order chi connectivity index (χ0) is 26.9. The predicted molar refractivity (Wildman–Crippen MR) is 145 cm³/mol. The maximum atomic E-state index is 13.1. The first-order valence-electron chi connectivity index (χ1n) is 13.2. The highest BCUT2D eigenvalue weighted by Crippen LogP contribution is 2.33. The van der Waals surface area contributed by atoms with Crippen molar-refractivity contribution in [2.45, 2.75) is 25.7 Å². The molecule has 0 atom stereocenters. The number of nitro groups is 1. The zero-order valence-electron chi connectivity index (χ0n) is 21.7. The number of carbonyl (C=O) groups excluding carboxylic acids is 1. The SMILES string of the molecule is Cc1nn(-c2ccccc2)c2nc(C3CCOCC3)nc(N3CCN(C(=O)c4ccc([N+](=O)[O-])cc4)CC3)c12. The fraction of sp³-hybridized carbons (Fsp3) is 0.357. The van der Waals surface area contributed by atoms with Crippen LogP contribution in [0.1, 0.15) is 40.6 Å². The van der Waals surface area contributed by atoms with E-state index in [1.54, 1.807) is 4.90 Å². The van der Waals surface area contributed by atoms with Gasteiger partial charge in [0.25, 0.3) is 11.6 Å². The van der Waals surface area contributed by atoms with E-state index in [1.165, 1.54) is 24.3 Å². The van der Waals surface area contributed by atoms with Gasteiger partial charge in [0.15, 0.2) is 5.65 Å².